The van der Waals surface area contributed by atoms with Gasteiger partial charge >= 0.3 is 0 Å². The summed E-state index contributed by atoms with van der Waals surface area (Å²) in [5, 5.41) is 3.67. The molecule has 1 N–H and O–H groups in total. The van der Waals surface area contributed by atoms with E-state index in [4.69, 9.17) is 23.7 Å². The first kappa shape index (κ1) is 32.0. The normalized spacial score (nSPS) is 25.9. The van der Waals surface area contributed by atoms with Gasteiger partial charge in [0.25, 0.3) is 0 Å². The first-order chi connectivity index (χ1) is 17.5. The van der Waals surface area contributed by atoms with Gasteiger partial charge in [0, 0.05) is 19.3 Å². The molecule has 2 heterocycles. The molecule has 36 heavy (non-hydrogen) atoms. The van der Waals surface area contributed by atoms with Crippen molar-refractivity contribution in [2.45, 2.75) is 167 Å². The molecule has 0 aromatic carbocycles. The largest absolute Gasteiger partial charge is 0.381 e. The minimum Gasteiger partial charge on any atom is -0.381 e. The molecular formula is C30H59NO5. The number of hydrogen-bond acceptors (Lipinski definition) is 6. The minimum absolute atomic E-state index is 0.0695. The summed E-state index contributed by atoms with van der Waals surface area (Å²) >= 11 is 0. The summed E-state index contributed by atoms with van der Waals surface area (Å²) in [6, 6.07) is 0.189. The lowest BCUT2D eigenvalue weighted by atomic mass is 10.0. The SMILES string of the molecule is CCCCCCCCCN[C@@H](C)[C@H]1O[C@H](OCCCOCCCCCCCCC)[C@H]2OC(C)(C)O[C@H]21. The molecular weight excluding hydrogens is 454 g/mol. The van der Waals surface area contributed by atoms with E-state index >= 15 is 0 Å². The molecule has 5 atom stereocenters. The second-order valence-electron chi connectivity index (χ2n) is 11.4. The maximum absolute atomic E-state index is 6.33. The van der Waals surface area contributed by atoms with Gasteiger partial charge in [0.15, 0.2) is 12.1 Å². The molecule has 0 amide bonds. The Kier molecular flexibility index (Phi) is 16.8. The topological polar surface area (TPSA) is 58.2 Å². The van der Waals surface area contributed by atoms with Gasteiger partial charge in [-0.2, -0.15) is 0 Å². The van der Waals surface area contributed by atoms with Crippen molar-refractivity contribution in [2.24, 2.45) is 0 Å². The van der Waals surface area contributed by atoms with E-state index in [1.807, 2.05) is 13.8 Å². The minimum atomic E-state index is -0.600. The fourth-order valence-electron chi connectivity index (χ4n) is 5.28. The van der Waals surface area contributed by atoms with Crippen LogP contribution >= 0.6 is 0 Å². The Morgan fingerprint density at radius 1 is 0.694 bits per heavy atom. The molecule has 2 aliphatic heterocycles. The molecule has 214 valence electrons. The van der Waals surface area contributed by atoms with Crippen molar-refractivity contribution in [3.63, 3.8) is 0 Å². The third-order valence-electron chi connectivity index (χ3n) is 7.39. The van der Waals surface area contributed by atoms with Crippen LogP contribution < -0.4 is 5.32 Å². The fraction of sp³-hybridized carbons (Fsp3) is 1.00. The molecule has 0 radical (unpaired) electrons. The molecule has 6 nitrogen and oxygen atoms in total. The summed E-state index contributed by atoms with van der Waals surface area (Å²) in [4.78, 5) is 0. The lowest BCUT2D eigenvalue weighted by molar-refractivity contribution is -0.236. The molecule has 0 unspecified atom stereocenters. The van der Waals surface area contributed by atoms with Gasteiger partial charge in [0.05, 0.1) is 6.61 Å². The summed E-state index contributed by atoms with van der Waals surface area (Å²) in [7, 11) is 0. The standard InChI is InChI=1S/C30H59NO5/c1-6-8-10-12-14-16-18-21-31-25(3)26-27-28(36-30(4,5)35-27)29(34-26)33-24-20-23-32-22-19-17-15-13-11-9-7-2/h25-29,31H,6-24H2,1-5H3/t25-,26+,27-,28-,29-/m0/s1. The lowest BCUT2D eigenvalue weighted by Crippen LogP contribution is -2.45. The van der Waals surface area contributed by atoms with E-state index in [1.165, 1.54) is 83.5 Å². The van der Waals surface area contributed by atoms with Crippen LogP contribution in [0.4, 0.5) is 0 Å². The Labute approximate surface area is 222 Å². The zero-order valence-corrected chi connectivity index (χ0v) is 24.4. The van der Waals surface area contributed by atoms with E-state index in [9.17, 15) is 0 Å². The van der Waals surface area contributed by atoms with E-state index < -0.39 is 5.79 Å². The summed E-state index contributed by atoms with van der Waals surface area (Å²) in [6.45, 7) is 13.9. The van der Waals surface area contributed by atoms with Crippen LogP contribution in [0, 0.1) is 0 Å². The van der Waals surface area contributed by atoms with Crippen LogP contribution in [0.25, 0.3) is 0 Å². The third-order valence-corrected chi connectivity index (χ3v) is 7.39. The van der Waals surface area contributed by atoms with Crippen LogP contribution in [0.3, 0.4) is 0 Å². The molecule has 2 aliphatic rings. The van der Waals surface area contributed by atoms with Gasteiger partial charge in [-0.1, -0.05) is 90.9 Å². The first-order valence-electron chi connectivity index (χ1n) is 15.4. The van der Waals surface area contributed by atoms with Gasteiger partial charge in [-0.05, 0) is 46.6 Å². The Bertz CT molecular complexity index is 531. The quantitative estimate of drug-likeness (QED) is 0.147. The van der Waals surface area contributed by atoms with Crippen LogP contribution in [0.2, 0.25) is 0 Å². The molecule has 0 aromatic heterocycles. The zero-order valence-electron chi connectivity index (χ0n) is 24.4. The van der Waals surface area contributed by atoms with Gasteiger partial charge in [-0.25, -0.2) is 0 Å². The van der Waals surface area contributed by atoms with Gasteiger partial charge in [0.2, 0.25) is 0 Å². The molecule has 0 bridgehead atoms. The van der Waals surface area contributed by atoms with Crippen LogP contribution in [0.15, 0.2) is 0 Å². The summed E-state index contributed by atoms with van der Waals surface area (Å²) in [5.74, 6) is -0.600. The average molecular weight is 514 g/mol. The van der Waals surface area contributed by atoms with Crippen LogP contribution in [0.5, 0.6) is 0 Å². The van der Waals surface area contributed by atoms with Crippen molar-refractivity contribution in [1.82, 2.24) is 5.32 Å². The van der Waals surface area contributed by atoms with Gasteiger partial charge < -0.3 is 29.0 Å². The Morgan fingerprint density at radius 2 is 1.25 bits per heavy atom. The van der Waals surface area contributed by atoms with Gasteiger partial charge in [-0.3, -0.25) is 0 Å². The number of fused-ring (bicyclic) bond motifs is 1. The molecule has 0 spiro atoms. The van der Waals surface area contributed by atoms with E-state index in [0.717, 1.165) is 32.6 Å². The van der Waals surface area contributed by atoms with Crippen molar-refractivity contribution < 1.29 is 23.7 Å². The molecule has 2 rings (SSSR count). The fourth-order valence-corrected chi connectivity index (χ4v) is 5.28. The highest BCUT2D eigenvalue weighted by molar-refractivity contribution is 4.98. The maximum Gasteiger partial charge on any atom is 0.187 e. The lowest BCUT2D eigenvalue weighted by Gasteiger charge is -2.27. The van der Waals surface area contributed by atoms with Crippen molar-refractivity contribution >= 4 is 0 Å². The Hall–Kier alpha value is -0.240. The molecule has 0 aromatic rings. The molecule has 2 saturated heterocycles. The maximum atomic E-state index is 6.33. The number of nitrogens with one attached hydrogen (secondary N) is 1. The van der Waals surface area contributed by atoms with Crippen molar-refractivity contribution in [3.8, 4) is 0 Å². The van der Waals surface area contributed by atoms with E-state index in [0.29, 0.717) is 6.61 Å². The second kappa shape index (κ2) is 18.9. The van der Waals surface area contributed by atoms with Gasteiger partial charge in [-0.15, -0.1) is 0 Å². The third kappa shape index (κ3) is 12.5. The van der Waals surface area contributed by atoms with E-state index in [1.54, 1.807) is 0 Å². The monoisotopic (exact) mass is 513 g/mol. The van der Waals surface area contributed by atoms with Crippen LogP contribution in [-0.2, 0) is 23.7 Å². The zero-order chi connectivity index (χ0) is 26.1. The number of unbranched alkanes of at least 4 members (excludes halogenated alkanes) is 12. The summed E-state index contributed by atoms with van der Waals surface area (Å²) < 4.78 is 30.7. The second-order valence-corrected chi connectivity index (χ2v) is 11.4. The van der Waals surface area contributed by atoms with Crippen molar-refractivity contribution in [1.29, 1.82) is 0 Å². The molecule has 6 heteroatoms. The molecule has 0 aliphatic carbocycles. The Morgan fingerprint density at radius 3 is 1.92 bits per heavy atom. The highest BCUT2D eigenvalue weighted by atomic mass is 16.8. The van der Waals surface area contributed by atoms with Crippen molar-refractivity contribution in [3.05, 3.63) is 0 Å². The summed E-state index contributed by atoms with van der Waals surface area (Å²) in [6.07, 6.45) is 18.6. The predicted octanol–water partition coefficient (Wildman–Crippen LogP) is 7.13. The number of ether oxygens (including phenoxy) is 5. The highest BCUT2D eigenvalue weighted by Crippen LogP contribution is 2.40. The summed E-state index contributed by atoms with van der Waals surface area (Å²) in [5.41, 5.74) is 0. The van der Waals surface area contributed by atoms with Crippen LogP contribution in [0.1, 0.15) is 131 Å². The van der Waals surface area contributed by atoms with Gasteiger partial charge in [0.1, 0.15) is 18.3 Å². The molecule has 0 saturated carbocycles. The van der Waals surface area contributed by atoms with E-state index in [2.05, 4.69) is 26.1 Å². The van der Waals surface area contributed by atoms with E-state index in [-0.39, 0.29) is 30.6 Å². The smallest absolute Gasteiger partial charge is 0.187 e. The predicted molar refractivity (Wildman–Crippen MR) is 147 cm³/mol. The molecule has 2 fully saturated rings. The Balaban J connectivity index is 1.59. The van der Waals surface area contributed by atoms with Crippen LogP contribution in [-0.4, -0.2) is 62.8 Å². The highest BCUT2D eigenvalue weighted by Gasteiger charge is 2.56. The first-order valence-corrected chi connectivity index (χ1v) is 15.4. The number of hydrogen-bond donors (Lipinski definition) is 1. The average Bonchev–Trinajstić information content (AvgIpc) is 3.34. The van der Waals surface area contributed by atoms with Crippen molar-refractivity contribution in [2.75, 3.05) is 26.4 Å². The number of rotatable bonds is 23.